The predicted octanol–water partition coefficient (Wildman–Crippen LogP) is 3.66. The van der Waals surface area contributed by atoms with Crippen LogP contribution in [0.2, 0.25) is 0 Å². The van der Waals surface area contributed by atoms with Crippen molar-refractivity contribution in [2.45, 2.75) is 12.3 Å². The third-order valence-corrected chi connectivity index (χ3v) is 4.34. The molecule has 19 heavy (non-hydrogen) atoms. The molecule has 1 aliphatic rings. The van der Waals surface area contributed by atoms with Gasteiger partial charge in [0.2, 0.25) is 0 Å². The first kappa shape index (κ1) is 12.7. The van der Waals surface area contributed by atoms with Crippen LogP contribution >= 0.6 is 15.9 Å². The summed E-state index contributed by atoms with van der Waals surface area (Å²) in [6, 6.07) is 14.5. The first-order valence-corrected chi connectivity index (χ1v) is 7.11. The van der Waals surface area contributed by atoms with Crippen molar-refractivity contribution in [3.8, 4) is 0 Å². The Kier molecular flexibility index (Phi) is 3.11. The summed E-state index contributed by atoms with van der Waals surface area (Å²) in [4.78, 5) is 0. The van der Waals surface area contributed by atoms with E-state index >= 15 is 0 Å². The van der Waals surface area contributed by atoms with Gasteiger partial charge in [0, 0.05) is 10.2 Å². The van der Waals surface area contributed by atoms with E-state index in [9.17, 15) is 0 Å². The third-order valence-electron chi connectivity index (χ3n) is 3.85. The Hall–Kier alpha value is -1.32. The van der Waals surface area contributed by atoms with Gasteiger partial charge in [-0.2, -0.15) is 0 Å². The summed E-state index contributed by atoms with van der Waals surface area (Å²) in [5.41, 5.74) is 10.5. The second-order valence-electron chi connectivity index (χ2n) is 5.16. The lowest BCUT2D eigenvalue weighted by Gasteiger charge is -2.43. The van der Waals surface area contributed by atoms with Crippen molar-refractivity contribution in [2.24, 2.45) is 0 Å². The summed E-state index contributed by atoms with van der Waals surface area (Å²) in [7, 11) is 0. The van der Waals surface area contributed by atoms with E-state index in [2.05, 4.69) is 53.2 Å². The number of hydrogen-bond acceptors (Lipinski definition) is 2. The average Bonchev–Trinajstić information content (AvgIpc) is 2.32. The monoisotopic (exact) mass is 317 g/mol. The molecule has 2 N–H and O–H groups in total. The van der Waals surface area contributed by atoms with E-state index in [0.717, 1.165) is 10.2 Å². The van der Waals surface area contributed by atoms with Gasteiger partial charge in [0.05, 0.1) is 18.6 Å². The smallest absolute Gasteiger partial charge is 0.0673 e. The standard InChI is InChI=1S/C16H16BrNO/c1-11-5-6-13(17)8-15(11)16(9-19-10-16)12-3-2-4-14(18)7-12/h2-8H,9-10,18H2,1H3. The molecule has 3 rings (SSSR count). The first-order valence-electron chi connectivity index (χ1n) is 6.32. The molecule has 2 aromatic carbocycles. The highest BCUT2D eigenvalue weighted by Crippen LogP contribution is 2.42. The van der Waals surface area contributed by atoms with Gasteiger partial charge in [-0.3, -0.25) is 0 Å². The molecule has 1 heterocycles. The molecular weight excluding hydrogens is 302 g/mol. The quantitative estimate of drug-likeness (QED) is 0.858. The molecule has 0 atom stereocenters. The second-order valence-corrected chi connectivity index (χ2v) is 6.08. The van der Waals surface area contributed by atoms with Crippen LogP contribution in [0.4, 0.5) is 5.69 Å². The zero-order valence-electron chi connectivity index (χ0n) is 10.8. The van der Waals surface area contributed by atoms with Crippen molar-refractivity contribution in [3.05, 3.63) is 63.6 Å². The van der Waals surface area contributed by atoms with Gasteiger partial charge in [0.15, 0.2) is 0 Å². The maximum Gasteiger partial charge on any atom is 0.0673 e. The molecule has 0 bridgehead atoms. The fraction of sp³-hybridized carbons (Fsp3) is 0.250. The molecule has 1 aliphatic heterocycles. The molecule has 0 amide bonds. The van der Waals surface area contributed by atoms with Crippen molar-refractivity contribution >= 4 is 21.6 Å². The minimum absolute atomic E-state index is 0.0523. The van der Waals surface area contributed by atoms with Crippen LogP contribution in [0.1, 0.15) is 16.7 Å². The number of nitrogens with two attached hydrogens (primary N) is 1. The highest BCUT2D eigenvalue weighted by molar-refractivity contribution is 9.10. The normalized spacial score (nSPS) is 16.9. The Morgan fingerprint density at radius 3 is 2.58 bits per heavy atom. The molecule has 0 radical (unpaired) electrons. The SMILES string of the molecule is Cc1ccc(Br)cc1C1(c2cccc(N)c2)COC1. The van der Waals surface area contributed by atoms with Crippen molar-refractivity contribution in [3.63, 3.8) is 0 Å². The Morgan fingerprint density at radius 1 is 1.16 bits per heavy atom. The Morgan fingerprint density at radius 2 is 1.95 bits per heavy atom. The summed E-state index contributed by atoms with van der Waals surface area (Å²) in [6.45, 7) is 3.58. The topological polar surface area (TPSA) is 35.2 Å². The van der Waals surface area contributed by atoms with E-state index in [4.69, 9.17) is 10.5 Å². The molecule has 0 saturated carbocycles. The van der Waals surface area contributed by atoms with E-state index in [1.807, 2.05) is 12.1 Å². The summed E-state index contributed by atoms with van der Waals surface area (Å²) in [5, 5.41) is 0. The molecule has 0 aliphatic carbocycles. The Balaban J connectivity index is 2.16. The molecule has 0 aromatic heterocycles. The molecule has 2 nitrogen and oxygen atoms in total. The Bertz CT molecular complexity index is 620. The van der Waals surface area contributed by atoms with Crippen LogP contribution in [0, 0.1) is 6.92 Å². The van der Waals surface area contributed by atoms with Gasteiger partial charge in [0.1, 0.15) is 0 Å². The zero-order chi connectivity index (χ0) is 13.5. The lowest BCUT2D eigenvalue weighted by Crippen LogP contribution is -2.48. The molecule has 0 unspecified atom stereocenters. The predicted molar refractivity (Wildman–Crippen MR) is 81.3 cm³/mol. The molecule has 98 valence electrons. The van der Waals surface area contributed by atoms with Gasteiger partial charge in [-0.15, -0.1) is 0 Å². The largest absolute Gasteiger partial charge is 0.399 e. The summed E-state index contributed by atoms with van der Waals surface area (Å²) < 4.78 is 6.63. The number of hydrogen-bond donors (Lipinski definition) is 1. The minimum Gasteiger partial charge on any atom is -0.399 e. The van der Waals surface area contributed by atoms with Gasteiger partial charge in [-0.1, -0.05) is 34.1 Å². The van der Waals surface area contributed by atoms with Crippen molar-refractivity contribution in [1.29, 1.82) is 0 Å². The van der Waals surface area contributed by atoms with Crippen LogP contribution in [-0.2, 0) is 10.2 Å². The highest BCUT2D eigenvalue weighted by atomic mass is 79.9. The van der Waals surface area contributed by atoms with E-state index in [0.29, 0.717) is 13.2 Å². The first-order chi connectivity index (χ1) is 9.12. The van der Waals surface area contributed by atoms with E-state index in [1.54, 1.807) is 0 Å². The number of halogens is 1. The van der Waals surface area contributed by atoms with Gasteiger partial charge < -0.3 is 10.5 Å². The number of ether oxygens (including phenoxy) is 1. The second kappa shape index (κ2) is 4.66. The molecule has 0 spiro atoms. The third kappa shape index (κ3) is 2.07. The van der Waals surface area contributed by atoms with Gasteiger partial charge in [-0.05, 0) is 47.9 Å². The van der Waals surface area contributed by atoms with E-state index in [1.165, 1.54) is 16.7 Å². The number of benzene rings is 2. The number of rotatable bonds is 2. The number of aryl methyl sites for hydroxylation is 1. The highest BCUT2D eigenvalue weighted by Gasteiger charge is 2.43. The van der Waals surface area contributed by atoms with Crippen molar-refractivity contribution in [2.75, 3.05) is 18.9 Å². The summed E-state index contributed by atoms with van der Waals surface area (Å²) in [6.07, 6.45) is 0. The number of nitrogen functional groups attached to an aromatic ring is 1. The van der Waals surface area contributed by atoms with Crippen LogP contribution < -0.4 is 5.73 Å². The average molecular weight is 318 g/mol. The van der Waals surface area contributed by atoms with Crippen molar-refractivity contribution in [1.82, 2.24) is 0 Å². The zero-order valence-corrected chi connectivity index (χ0v) is 12.4. The van der Waals surface area contributed by atoms with Gasteiger partial charge in [0.25, 0.3) is 0 Å². The van der Waals surface area contributed by atoms with E-state index < -0.39 is 0 Å². The molecule has 2 aromatic rings. The molecule has 1 saturated heterocycles. The van der Waals surface area contributed by atoms with Crippen LogP contribution in [0.5, 0.6) is 0 Å². The fourth-order valence-electron chi connectivity index (χ4n) is 2.73. The van der Waals surface area contributed by atoms with Crippen LogP contribution in [0.15, 0.2) is 46.9 Å². The number of anilines is 1. The van der Waals surface area contributed by atoms with Crippen molar-refractivity contribution < 1.29 is 4.74 Å². The van der Waals surface area contributed by atoms with Gasteiger partial charge in [-0.25, -0.2) is 0 Å². The maximum atomic E-state index is 5.93. The maximum absolute atomic E-state index is 5.93. The van der Waals surface area contributed by atoms with Crippen LogP contribution in [0.3, 0.4) is 0 Å². The lowest BCUT2D eigenvalue weighted by atomic mass is 9.71. The molecular formula is C16H16BrNO. The van der Waals surface area contributed by atoms with Crippen LogP contribution in [0.25, 0.3) is 0 Å². The summed E-state index contributed by atoms with van der Waals surface area (Å²) >= 11 is 3.56. The Labute approximate surface area is 121 Å². The molecule has 3 heteroatoms. The summed E-state index contributed by atoms with van der Waals surface area (Å²) in [5.74, 6) is 0. The minimum atomic E-state index is -0.0523. The fourth-order valence-corrected chi connectivity index (χ4v) is 3.09. The molecule has 1 fully saturated rings. The van der Waals surface area contributed by atoms with E-state index in [-0.39, 0.29) is 5.41 Å². The van der Waals surface area contributed by atoms with Crippen LogP contribution in [-0.4, -0.2) is 13.2 Å². The van der Waals surface area contributed by atoms with Gasteiger partial charge >= 0.3 is 0 Å². The lowest BCUT2D eigenvalue weighted by molar-refractivity contribution is -0.0382.